The van der Waals surface area contributed by atoms with Gasteiger partial charge in [-0.1, -0.05) is 30.3 Å². The van der Waals surface area contributed by atoms with Gasteiger partial charge in [-0.3, -0.25) is 4.79 Å². The third kappa shape index (κ3) is 5.30. The van der Waals surface area contributed by atoms with Gasteiger partial charge in [0, 0.05) is 11.4 Å². The topological polar surface area (TPSA) is 58.6 Å². The van der Waals surface area contributed by atoms with Crippen LogP contribution in [0.1, 0.15) is 17.2 Å². The Hall–Kier alpha value is -1.98. The van der Waals surface area contributed by atoms with Crippen molar-refractivity contribution in [2.75, 3.05) is 19.4 Å². The molecule has 1 amide bonds. The van der Waals surface area contributed by atoms with Crippen molar-refractivity contribution in [3.05, 3.63) is 59.7 Å². The zero-order valence-corrected chi connectivity index (χ0v) is 14.1. The van der Waals surface area contributed by atoms with Crippen molar-refractivity contribution < 1.29 is 14.6 Å². The normalized spacial score (nSPS) is 11.8. The van der Waals surface area contributed by atoms with E-state index in [4.69, 9.17) is 4.74 Å². The van der Waals surface area contributed by atoms with Gasteiger partial charge in [-0.2, -0.15) is 0 Å². The smallest absolute Gasteiger partial charge is 0.258 e. The highest BCUT2D eigenvalue weighted by molar-refractivity contribution is 7.98. The molecule has 0 unspecified atom stereocenters. The van der Waals surface area contributed by atoms with Crippen LogP contribution in [0.25, 0.3) is 0 Å². The Morgan fingerprint density at radius 1 is 1.22 bits per heavy atom. The van der Waals surface area contributed by atoms with Crippen LogP contribution in [0.4, 0.5) is 0 Å². The molecule has 0 spiro atoms. The molecule has 0 bridgehead atoms. The van der Waals surface area contributed by atoms with E-state index >= 15 is 0 Å². The molecule has 0 aromatic heterocycles. The lowest BCUT2D eigenvalue weighted by Crippen LogP contribution is -2.32. The van der Waals surface area contributed by atoms with Crippen LogP contribution in [0.5, 0.6) is 5.75 Å². The number of carbonyl (C=O) groups is 1. The van der Waals surface area contributed by atoms with Crippen molar-refractivity contribution in [2.24, 2.45) is 0 Å². The average Bonchev–Trinajstić information content (AvgIpc) is 2.59. The van der Waals surface area contributed by atoms with E-state index in [0.29, 0.717) is 5.75 Å². The van der Waals surface area contributed by atoms with Gasteiger partial charge in [-0.15, -0.1) is 11.8 Å². The van der Waals surface area contributed by atoms with E-state index in [1.165, 1.54) is 0 Å². The first-order valence-electron chi connectivity index (χ1n) is 7.37. The first kappa shape index (κ1) is 17.4. The van der Waals surface area contributed by atoms with Gasteiger partial charge in [0.25, 0.3) is 5.91 Å². The zero-order chi connectivity index (χ0) is 16.7. The molecule has 0 saturated heterocycles. The molecule has 23 heavy (non-hydrogen) atoms. The maximum atomic E-state index is 11.8. The van der Waals surface area contributed by atoms with E-state index in [9.17, 15) is 9.90 Å². The Labute approximate surface area is 140 Å². The minimum atomic E-state index is -0.728. The molecule has 2 aromatic carbocycles. The summed E-state index contributed by atoms with van der Waals surface area (Å²) in [6, 6.07) is 15.2. The largest absolute Gasteiger partial charge is 0.484 e. The number of nitrogens with one attached hydrogen (secondary N) is 1. The molecule has 122 valence electrons. The van der Waals surface area contributed by atoms with E-state index in [0.717, 1.165) is 16.0 Å². The lowest BCUT2D eigenvalue weighted by atomic mass is 10.1. The van der Waals surface area contributed by atoms with Crippen molar-refractivity contribution in [1.82, 2.24) is 5.32 Å². The minimum Gasteiger partial charge on any atom is -0.484 e. The van der Waals surface area contributed by atoms with Crippen LogP contribution in [0.15, 0.2) is 53.4 Å². The number of aliphatic hydroxyl groups excluding tert-OH is 1. The molecule has 1 atom stereocenters. The second-order valence-corrected chi connectivity index (χ2v) is 6.03. The van der Waals surface area contributed by atoms with E-state index < -0.39 is 6.10 Å². The molecule has 0 aliphatic carbocycles. The molecular weight excluding hydrogens is 310 g/mol. The number of ether oxygens (including phenoxy) is 1. The summed E-state index contributed by atoms with van der Waals surface area (Å²) >= 11 is 1.65. The van der Waals surface area contributed by atoms with Gasteiger partial charge < -0.3 is 15.2 Å². The highest BCUT2D eigenvalue weighted by Gasteiger charge is 2.10. The molecule has 4 nitrogen and oxygen atoms in total. The lowest BCUT2D eigenvalue weighted by molar-refractivity contribution is -0.123. The number of aryl methyl sites for hydroxylation is 1. The highest BCUT2D eigenvalue weighted by Crippen LogP contribution is 2.19. The van der Waals surface area contributed by atoms with Gasteiger partial charge in [0.2, 0.25) is 0 Å². The molecule has 0 radical (unpaired) electrons. The summed E-state index contributed by atoms with van der Waals surface area (Å²) < 4.78 is 5.47. The molecule has 0 heterocycles. The molecule has 0 aliphatic rings. The molecular formula is C18H21NO3S. The maximum absolute atomic E-state index is 11.8. The average molecular weight is 331 g/mol. The lowest BCUT2D eigenvalue weighted by Gasteiger charge is -2.13. The number of rotatable bonds is 7. The number of thioether (sulfide) groups is 1. The van der Waals surface area contributed by atoms with Crippen LogP contribution in [0, 0.1) is 6.92 Å². The summed E-state index contributed by atoms with van der Waals surface area (Å²) in [5.74, 6) is 0.434. The molecule has 0 saturated carbocycles. The van der Waals surface area contributed by atoms with Crippen molar-refractivity contribution in [2.45, 2.75) is 17.9 Å². The minimum absolute atomic E-state index is 0.0665. The van der Waals surface area contributed by atoms with Gasteiger partial charge >= 0.3 is 0 Å². The van der Waals surface area contributed by atoms with Gasteiger partial charge in [0.05, 0.1) is 6.10 Å². The van der Waals surface area contributed by atoms with Gasteiger partial charge in [0.1, 0.15) is 5.75 Å². The standard InChI is InChI=1S/C18H21NO3S/c1-13-5-3-4-6-17(13)22-12-18(21)19-11-16(20)14-7-9-15(23-2)10-8-14/h3-10,16,20H,11-12H2,1-2H3,(H,19,21)/t16-/m1/s1. The monoisotopic (exact) mass is 331 g/mol. The quantitative estimate of drug-likeness (QED) is 0.766. The Balaban J connectivity index is 1.78. The van der Waals surface area contributed by atoms with E-state index in [-0.39, 0.29) is 19.1 Å². The number of hydrogen-bond acceptors (Lipinski definition) is 4. The molecule has 2 N–H and O–H groups in total. The Morgan fingerprint density at radius 2 is 1.91 bits per heavy atom. The summed E-state index contributed by atoms with van der Waals surface area (Å²) in [6.45, 7) is 2.02. The number of benzene rings is 2. The van der Waals surface area contributed by atoms with Gasteiger partial charge in [-0.25, -0.2) is 0 Å². The predicted octanol–water partition coefficient (Wildman–Crippen LogP) is 2.95. The summed E-state index contributed by atoms with van der Waals surface area (Å²) in [6.07, 6.45) is 1.27. The molecule has 0 aliphatic heterocycles. The van der Waals surface area contributed by atoms with Crippen molar-refractivity contribution in [3.63, 3.8) is 0 Å². The van der Waals surface area contributed by atoms with E-state index in [1.54, 1.807) is 11.8 Å². The molecule has 2 rings (SSSR count). The van der Waals surface area contributed by atoms with Crippen LogP contribution >= 0.6 is 11.8 Å². The van der Waals surface area contributed by atoms with Crippen molar-refractivity contribution >= 4 is 17.7 Å². The highest BCUT2D eigenvalue weighted by atomic mass is 32.2. The van der Waals surface area contributed by atoms with Crippen LogP contribution in [0.3, 0.4) is 0 Å². The number of hydrogen-bond donors (Lipinski definition) is 2. The first-order chi connectivity index (χ1) is 11.1. The second-order valence-electron chi connectivity index (χ2n) is 5.15. The third-order valence-corrected chi connectivity index (χ3v) is 4.19. The van der Waals surface area contributed by atoms with Crippen LogP contribution < -0.4 is 10.1 Å². The summed E-state index contributed by atoms with van der Waals surface area (Å²) in [7, 11) is 0. The van der Waals surface area contributed by atoms with Crippen LogP contribution in [-0.4, -0.2) is 30.4 Å². The molecule has 0 fully saturated rings. The summed E-state index contributed by atoms with van der Waals surface area (Å²) in [5, 5.41) is 12.8. The Kier molecular flexibility index (Phi) is 6.50. The summed E-state index contributed by atoms with van der Waals surface area (Å²) in [5.41, 5.74) is 1.76. The Morgan fingerprint density at radius 3 is 2.57 bits per heavy atom. The fraction of sp³-hybridized carbons (Fsp3) is 0.278. The fourth-order valence-electron chi connectivity index (χ4n) is 2.07. The van der Waals surface area contributed by atoms with E-state index in [1.807, 2.05) is 61.7 Å². The predicted molar refractivity (Wildman–Crippen MR) is 92.9 cm³/mol. The fourth-order valence-corrected chi connectivity index (χ4v) is 2.48. The number of aliphatic hydroxyl groups is 1. The van der Waals surface area contributed by atoms with Crippen molar-refractivity contribution in [3.8, 4) is 5.75 Å². The SMILES string of the molecule is CSc1ccc([C@H](O)CNC(=O)COc2ccccc2C)cc1. The van der Waals surface area contributed by atoms with Crippen molar-refractivity contribution in [1.29, 1.82) is 0 Å². The zero-order valence-electron chi connectivity index (χ0n) is 13.3. The second kappa shape index (κ2) is 8.60. The third-order valence-electron chi connectivity index (χ3n) is 3.45. The number of carbonyl (C=O) groups excluding carboxylic acids is 1. The molecule has 2 aromatic rings. The molecule has 5 heteroatoms. The van der Waals surface area contributed by atoms with E-state index in [2.05, 4.69) is 5.32 Å². The Bertz CT molecular complexity index is 643. The van der Waals surface area contributed by atoms with Gasteiger partial charge in [-0.05, 0) is 42.5 Å². The number of amides is 1. The number of para-hydroxylation sites is 1. The maximum Gasteiger partial charge on any atom is 0.258 e. The van der Waals surface area contributed by atoms with Crippen LogP contribution in [0.2, 0.25) is 0 Å². The van der Waals surface area contributed by atoms with Crippen LogP contribution in [-0.2, 0) is 4.79 Å². The summed E-state index contributed by atoms with van der Waals surface area (Å²) in [4.78, 5) is 12.9. The van der Waals surface area contributed by atoms with Gasteiger partial charge in [0.15, 0.2) is 6.61 Å². The first-order valence-corrected chi connectivity index (χ1v) is 8.59.